The number of ether oxygens (including phenoxy) is 3. The van der Waals surface area contributed by atoms with E-state index in [0.29, 0.717) is 12.0 Å². The first-order valence-corrected chi connectivity index (χ1v) is 9.95. The van der Waals surface area contributed by atoms with Crippen LogP contribution in [-0.2, 0) is 9.53 Å². The predicted molar refractivity (Wildman–Crippen MR) is 103 cm³/mol. The molecule has 1 aromatic carbocycles. The maximum Gasteiger partial charge on any atom is 0.244 e. The van der Waals surface area contributed by atoms with Gasteiger partial charge in [0.1, 0.15) is 0 Å². The molecule has 0 aromatic heterocycles. The molecular formula is C21H28N2O4. The molecule has 4 rings (SSSR count). The van der Waals surface area contributed by atoms with Crippen molar-refractivity contribution in [2.24, 2.45) is 5.92 Å². The lowest BCUT2D eigenvalue weighted by Crippen LogP contribution is -2.45. The van der Waals surface area contributed by atoms with Crippen molar-refractivity contribution in [3.8, 4) is 11.5 Å². The number of likely N-dealkylation sites (tertiary alicyclic amines) is 1. The lowest BCUT2D eigenvalue weighted by Gasteiger charge is -2.39. The highest BCUT2D eigenvalue weighted by atomic mass is 16.7. The molecule has 1 N–H and O–H groups in total. The van der Waals surface area contributed by atoms with E-state index in [4.69, 9.17) is 14.2 Å². The van der Waals surface area contributed by atoms with E-state index in [0.717, 1.165) is 75.6 Å². The molecule has 3 aliphatic heterocycles. The summed E-state index contributed by atoms with van der Waals surface area (Å²) in [5.41, 5.74) is 0.930. The van der Waals surface area contributed by atoms with Crippen molar-refractivity contribution in [3.05, 3.63) is 29.8 Å². The standard InChI is InChI=1S/C21H28N2O4/c24-21(4-2-16-1-3-19-20(13-16)27-15-26-19)22-14-17-5-9-23(10-6-17)18-7-11-25-12-8-18/h1-4,13,17-18H,5-12,14-15H2,(H,22,24)/b4-2+. The Labute approximate surface area is 160 Å². The zero-order valence-electron chi connectivity index (χ0n) is 15.7. The summed E-state index contributed by atoms with van der Waals surface area (Å²) < 4.78 is 16.1. The highest BCUT2D eigenvalue weighted by molar-refractivity contribution is 5.91. The van der Waals surface area contributed by atoms with Crippen LogP contribution in [0.15, 0.2) is 24.3 Å². The summed E-state index contributed by atoms with van der Waals surface area (Å²) in [4.78, 5) is 14.7. The Morgan fingerprint density at radius 1 is 1.11 bits per heavy atom. The number of nitrogens with zero attached hydrogens (tertiary/aromatic N) is 1. The summed E-state index contributed by atoms with van der Waals surface area (Å²) in [5, 5.41) is 3.05. The summed E-state index contributed by atoms with van der Waals surface area (Å²) in [6.45, 7) is 5.09. The minimum atomic E-state index is -0.0421. The first-order valence-electron chi connectivity index (χ1n) is 9.95. The lowest BCUT2D eigenvalue weighted by molar-refractivity contribution is -0.116. The Hall–Kier alpha value is -2.05. The average Bonchev–Trinajstić information content (AvgIpc) is 3.19. The van der Waals surface area contributed by atoms with Crippen molar-refractivity contribution >= 4 is 12.0 Å². The normalized spacial score (nSPS) is 21.6. The van der Waals surface area contributed by atoms with Gasteiger partial charge in [0.05, 0.1) is 0 Å². The van der Waals surface area contributed by atoms with Gasteiger partial charge in [0.2, 0.25) is 12.7 Å². The number of carbonyl (C=O) groups excluding carboxylic acids is 1. The molecule has 2 fully saturated rings. The highest BCUT2D eigenvalue weighted by Crippen LogP contribution is 2.32. The van der Waals surface area contributed by atoms with Crippen LogP contribution in [0.5, 0.6) is 11.5 Å². The molecule has 0 atom stereocenters. The molecule has 0 aliphatic carbocycles. The van der Waals surface area contributed by atoms with Gasteiger partial charge in [-0.3, -0.25) is 4.79 Å². The first-order chi connectivity index (χ1) is 13.3. The van der Waals surface area contributed by atoms with Crippen LogP contribution >= 0.6 is 0 Å². The van der Waals surface area contributed by atoms with Gasteiger partial charge in [-0.05, 0) is 68.5 Å². The van der Waals surface area contributed by atoms with E-state index in [9.17, 15) is 4.79 Å². The number of fused-ring (bicyclic) bond motifs is 1. The van der Waals surface area contributed by atoms with Gasteiger partial charge in [0, 0.05) is 31.9 Å². The number of nitrogens with one attached hydrogen (secondary N) is 1. The number of amides is 1. The topological polar surface area (TPSA) is 60.0 Å². The van der Waals surface area contributed by atoms with Gasteiger partial charge < -0.3 is 24.4 Å². The summed E-state index contributed by atoms with van der Waals surface area (Å²) >= 11 is 0. The Morgan fingerprint density at radius 3 is 2.70 bits per heavy atom. The number of hydrogen-bond donors (Lipinski definition) is 1. The van der Waals surface area contributed by atoms with Crippen molar-refractivity contribution in [1.29, 1.82) is 0 Å². The number of piperidine rings is 1. The summed E-state index contributed by atoms with van der Waals surface area (Å²) in [6, 6.07) is 6.37. The van der Waals surface area contributed by atoms with Gasteiger partial charge in [-0.2, -0.15) is 0 Å². The second kappa shape index (κ2) is 8.76. The molecule has 1 amide bonds. The number of benzene rings is 1. The molecule has 3 heterocycles. The minimum absolute atomic E-state index is 0.0421. The molecule has 3 aliphatic rings. The second-order valence-corrected chi connectivity index (χ2v) is 7.51. The highest BCUT2D eigenvalue weighted by Gasteiger charge is 2.26. The molecule has 0 spiro atoms. The van der Waals surface area contributed by atoms with Gasteiger partial charge >= 0.3 is 0 Å². The van der Waals surface area contributed by atoms with Gasteiger partial charge in [-0.25, -0.2) is 0 Å². The Bertz CT molecular complexity index is 677. The number of hydrogen-bond acceptors (Lipinski definition) is 5. The zero-order valence-corrected chi connectivity index (χ0v) is 15.7. The molecule has 6 nitrogen and oxygen atoms in total. The maximum atomic E-state index is 12.1. The Balaban J connectivity index is 1.18. The van der Waals surface area contributed by atoms with Gasteiger partial charge in [0.25, 0.3) is 0 Å². The van der Waals surface area contributed by atoms with E-state index in [2.05, 4.69) is 10.2 Å². The van der Waals surface area contributed by atoms with E-state index >= 15 is 0 Å². The molecule has 0 bridgehead atoms. The van der Waals surface area contributed by atoms with E-state index in [1.807, 2.05) is 24.3 Å². The van der Waals surface area contributed by atoms with E-state index in [-0.39, 0.29) is 12.7 Å². The van der Waals surface area contributed by atoms with Crippen LogP contribution in [-0.4, -0.2) is 56.5 Å². The molecule has 146 valence electrons. The van der Waals surface area contributed by atoms with Crippen LogP contribution < -0.4 is 14.8 Å². The molecular weight excluding hydrogens is 344 g/mol. The summed E-state index contributed by atoms with van der Waals surface area (Å²) in [7, 11) is 0. The fourth-order valence-electron chi connectivity index (χ4n) is 4.07. The van der Waals surface area contributed by atoms with Crippen LogP contribution in [0.3, 0.4) is 0 Å². The van der Waals surface area contributed by atoms with Crippen molar-refractivity contribution in [1.82, 2.24) is 10.2 Å². The third kappa shape index (κ3) is 4.82. The number of carbonyl (C=O) groups is 1. The molecule has 0 saturated carbocycles. The minimum Gasteiger partial charge on any atom is -0.454 e. The van der Waals surface area contributed by atoms with Crippen molar-refractivity contribution in [3.63, 3.8) is 0 Å². The van der Waals surface area contributed by atoms with Gasteiger partial charge in [-0.1, -0.05) is 6.07 Å². The van der Waals surface area contributed by atoms with E-state index in [1.54, 1.807) is 6.08 Å². The lowest BCUT2D eigenvalue weighted by atomic mass is 9.94. The first kappa shape index (κ1) is 18.3. The SMILES string of the molecule is O=C(/C=C/c1ccc2c(c1)OCO2)NCC1CCN(C2CCOCC2)CC1. The van der Waals surface area contributed by atoms with Crippen molar-refractivity contribution in [2.45, 2.75) is 31.7 Å². The maximum absolute atomic E-state index is 12.1. The molecule has 0 radical (unpaired) electrons. The molecule has 6 heteroatoms. The van der Waals surface area contributed by atoms with Crippen LogP contribution in [0, 0.1) is 5.92 Å². The number of rotatable bonds is 5. The van der Waals surface area contributed by atoms with Crippen LogP contribution in [0.1, 0.15) is 31.2 Å². The van der Waals surface area contributed by atoms with Crippen molar-refractivity contribution in [2.75, 3.05) is 39.6 Å². The van der Waals surface area contributed by atoms with E-state index < -0.39 is 0 Å². The summed E-state index contributed by atoms with van der Waals surface area (Å²) in [6.07, 6.45) is 8.03. The Kier molecular flexibility index (Phi) is 5.94. The Morgan fingerprint density at radius 2 is 1.89 bits per heavy atom. The largest absolute Gasteiger partial charge is 0.454 e. The smallest absolute Gasteiger partial charge is 0.244 e. The fraction of sp³-hybridized carbons (Fsp3) is 0.571. The fourth-order valence-corrected chi connectivity index (χ4v) is 4.07. The van der Waals surface area contributed by atoms with Crippen LogP contribution in [0.4, 0.5) is 0 Å². The molecule has 2 saturated heterocycles. The molecule has 0 unspecified atom stereocenters. The zero-order chi connectivity index (χ0) is 18.5. The third-order valence-corrected chi connectivity index (χ3v) is 5.75. The second-order valence-electron chi connectivity index (χ2n) is 7.51. The molecule has 1 aromatic rings. The average molecular weight is 372 g/mol. The van der Waals surface area contributed by atoms with Crippen LogP contribution in [0.25, 0.3) is 6.08 Å². The van der Waals surface area contributed by atoms with Crippen LogP contribution in [0.2, 0.25) is 0 Å². The predicted octanol–water partition coefficient (Wildman–Crippen LogP) is 2.44. The summed E-state index contributed by atoms with van der Waals surface area (Å²) in [5.74, 6) is 2.01. The van der Waals surface area contributed by atoms with E-state index in [1.165, 1.54) is 0 Å². The third-order valence-electron chi connectivity index (χ3n) is 5.75. The quantitative estimate of drug-likeness (QED) is 0.805. The van der Waals surface area contributed by atoms with Gasteiger partial charge in [-0.15, -0.1) is 0 Å². The van der Waals surface area contributed by atoms with Crippen molar-refractivity contribution < 1.29 is 19.0 Å². The molecule has 27 heavy (non-hydrogen) atoms. The monoisotopic (exact) mass is 372 g/mol. The van der Waals surface area contributed by atoms with Gasteiger partial charge in [0.15, 0.2) is 11.5 Å².